The molecule has 1 unspecified atom stereocenters. The van der Waals surface area contributed by atoms with E-state index in [-0.39, 0.29) is 12.5 Å². The summed E-state index contributed by atoms with van der Waals surface area (Å²) in [6.45, 7) is 1.94. The van der Waals surface area contributed by atoms with E-state index >= 15 is 0 Å². The second-order valence-corrected chi connectivity index (χ2v) is 4.72. The van der Waals surface area contributed by atoms with Gasteiger partial charge in [-0.05, 0) is 25.3 Å². The van der Waals surface area contributed by atoms with Gasteiger partial charge in [0.1, 0.15) is 0 Å². The van der Waals surface area contributed by atoms with Gasteiger partial charge in [0.15, 0.2) is 0 Å². The molecule has 0 aliphatic heterocycles. The molecule has 0 fully saturated rings. The Kier molecular flexibility index (Phi) is 4.76. The Morgan fingerprint density at radius 1 is 1.69 bits per heavy atom. The summed E-state index contributed by atoms with van der Waals surface area (Å²) in [5, 5.41) is 12.5. The minimum absolute atomic E-state index is 0.213. The first-order valence-corrected chi connectivity index (χ1v) is 6.34. The predicted octanol–water partition coefficient (Wildman–Crippen LogP) is 0.925. The van der Waals surface area contributed by atoms with Crippen LogP contribution in [0, 0.1) is 0 Å². The molecule has 0 aromatic carbocycles. The largest absolute Gasteiger partial charge is 0.387 e. The SMILES string of the molecule is CSCC(C)(O)CNC(=O)c1cccnc1. The monoisotopic (exact) mass is 240 g/mol. The van der Waals surface area contributed by atoms with Crippen LogP contribution in [-0.2, 0) is 0 Å². The van der Waals surface area contributed by atoms with Crippen molar-refractivity contribution in [2.75, 3.05) is 18.6 Å². The zero-order valence-corrected chi connectivity index (χ0v) is 10.3. The van der Waals surface area contributed by atoms with Crippen LogP contribution in [0.4, 0.5) is 0 Å². The maximum Gasteiger partial charge on any atom is 0.252 e. The summed E-state index contributed by atoms with van der Waals surface area (Å²) in [5.41, 5.74) is -0.375. The molecule has 1 aromatic heterocycles. The number of nitrogens with zero attached hydrogens (tertiary/aromatic N) is 1. The van der Waals surface area contributed by atoms with Crippen LogP contribution >= 0.6 is 11.8 Å². The van der Waals surface area contributed by atoms with Crippen molar-refractivity contribution in [1.82, 2.24) is 10.3 Å². The van der Waals surface area contributed by atoms with Gasteiger partial charge >= 0.3 is 0 Å². The molecule has 1 rings (SSSR count). The van der Waals surface area contributed by atoms with E-state index in [0.717, 1.165) is 0 Å². The van der Waals surface area contributed by atoms with Crippen LogP contribution in [-0.4, -0.2) is 40.2 Å². The lowest BCUT2D eigenvalue weighted by Crippen LogP contribution is -2.42. The summed E-state index contributed by atoms with van der Waals surface area (Å²) in [6, 6.07) is 3.39. The molecule has 88 valence electrons. The summed E-state index contributed by atoms with van der Waals surface area (Å²) in [7, 11) is 0. The molecule has 0 aliphatic rings. The van der Waals surface area contributed by atoms with Crippen molar-refractivity contribution in [3.63, 3.8) is 0 Å². The molecule has 0 bridgehead atoms. The number of carbonyl (C=O) groups excluding carboxylic acids is 1. The standard InChI is InChI=1S/C11H16N2O2S/c1-11(15,8-16-2)7-13-10(14)9-4-3-5-12-6-9/h3-6,15H,7-8H2,1-2H3,(H,13,14). The topological polar surface area (TPSA) is 62.2 Å². The van der Waals surface area contributed by atoms with Crippen molar-refractivity contribution >= 4 is 17.7 Å². The zero-order chi connectivity index (χ0) is 12.0. The second kappa shape index (κ2) is 5.86. The summed E-state index contributed by atoms with van der Waals surface area (Å²) < 4.78 is 0. The van der Waals surface area contributed by atoms with E-state index in [2.05, 4.69) is 10.3 Å². The highest BCUT2D eigenvalue weighted by atomic mass is 32.2. The second-order valence-electron chi connectivity index (χ2n) is 3.85. The van der Waals surface area contributed by atoms with E-state index in [4.69, 9.17) is 0 Å². The maximum absolute atomic E-state index is 11.6. The summed E-state index contributed by atoms with van der Waals surface area (Å²) in [6.07, 6.45) is 5.02. The Labute approximate surface area is 99.5 Å². The van der Waals surface area contributed by atoms with E-state index in [9.17, 15) is 9.90 Å². The fourth-order valence-electron chi connectivity index (χ4n) is 1.23. The van der Waals surface area contributed by atoms with Gasteiger partial charge in [0.2, 0.25) is 0 Å². The highest BCUT2D eigenvalue weighted by Gasteiger charge is 2.20. The van der Waals surface area contributed by atoms with Gasteiger partial charge in [-0.1, -0.05) is 0 Å². The van der Waals surface area contributed by atoms with Gasteiger partial charge in [-0.25, -0.2) is 0 Å². The van der Waals surface area contributed by atoms with E-state index in [1.807, 2.05) is 6.26 Å². The lowest BCUT2D eigenvalue weighted by molar-refractivity contribution is 0.0725. The lowest BCUT2D eigenvalue weighted by atomic mass is 10.1. The smallest absolute Gasteiger partial charge is 0.252 e. The maximum atomic E-state index is 11.6. The Balaban J connectivity index is 2.48. The number of nitrogens with one attached hydrogen (secondary N) is 1. The molecule has 0 saturated heterocycles. The highest BCUT2D eigenvalue weighted by Crippen LogP contribution is 2.09. The Bertz CT molecular complexity index is 341. The number of carbonyl (C=O) groups is 1. The van der Waals surface area contributed by atoms with E-state index in [0.29, 0.717) is 11.3 Å². The van der Waals surface area contributed by atoms with Crippen molar-refractivity contribution < 1.29 is 9.90 Å². The summed E-state index contributed by atoms with van der Waals surface area (Å²) in [4.78, 5) is 15.5. The predicted molar refractivity (Wildman–Crippen MR) is 65.6 cm³/mol. The van der Waals surface area contributed by atoms with Crippen molar-refractivity contribution in [2.24, 2.45) is 0 Å². The minimum Gasteiger partial charge on any atom is -0.387 e. The molecule has 5 heteroatoms. The number of hydrogen-bond donors (Lipinski definition) is 2. The van der Waals surface area contributed by atoms with Crippen LogP contribution in [0.15, 0.2) is 24.5 Å². The molecule has 4 nitrogen and oxygen atoms in total. The number of aromatic nitrogens is 1. The lowest BCUT2D eigenvalue weighted by Gasteiger charge is -2.22. The van der Waals surface area contributed by atoms with Gasteiger partial charge in [0, 0.05) is 24.7 Å². The Hall–Kier alpha value is -1.07. The molecule has 1 heterocycles. The molecule has 0 radical (unpaired) electrons. The van der Waals surface area contributed by atoms with E-state index < -0.39 is 5.60 Å². The van der Waals surface area contributed by atoms with Crippen LogP contribution in [0.25, 0.3) is 0 Å². The summed E-state index contributed by atoms with van der Waals surface area (Å²) >= 11 is 1.54. The number of rotatable bonds is 5. The van der Waals surface area contributed by atoms with Gasteiger partial charge < -0.3 is 10.4 Å². The number of aliphatic hydroxyl groups is 1. The fourth-order valence-corrected chi connectivity index (χ4v) is 1.96. The van der Waals surface area contributed by atoms with Crippen molar-refractivity contribution in [3.05, 3.63) is 30.1 Å². The van der Waals surface area contributed by atoms with Crippen molar-refractivity contribution in [1.29, 1.82) is 0 Å². The van der Waals surface area contributed by atoms with Gasteiger partial charge in [-0.3, -0.25) is 9.78 Å². The third-order valence-corrected chi connectivity index (χ3v) is 2.92. The average molecular weight is 240 g/mol. The number of thioether (sulfide) groups is 1. The zero-order valence-electron chi connectivity index (χ0n) is 9.43. The van der Waals surface area contributed by atoms with Crippen LogP contribution in [0.1, 0.15) is 17.3 Å². The molecular formula is C11H16N2O2S. The normalized spacial score (nSPS) is 14.2. The third kappa shape index (κ3) is 4.20. The molecule has 16 heavy (non-hydrogen) atoms. The Morgan fingerprint density at radius 2 is 2.44 bits per heavy atom. The minimum atomic E-state index is -0.878. The summed E-state index contributed by atoms with van der Waals surface area (Å²) in [5.74, 6) is 0.370. The van der Waals surface area contributed by atoms with E-state index in [1.165, 1.54) is 6.20 Å². The molecule has 1 aromatic rings. The van der Waals surface area contributed by atoms with Crippen molar-refractivity contribution in [2.45, 2.75) is 12.5 Å². The van der Waals surface area contributed by atoms with Crippen molar-refractivity contribution in [3.8, 4) is 0 Å². The number of amides is 1. The van der Waals surface area contributed by atoms with Crippen LogP contribution in [0.3, 0.4) is 0 Å². The molecule has 1 amide bonds. The highest BCUT2D eigenvalue weighted by molar-refractivity contribution is 7.98. The van der Waals surface area contributed by atoms with Gasteiger partial charge in [0.25, 0.3) is 5.91 Å². The van der Waals surface area contributed by atoms with Gasteiger partial charge in [-0.15, -0.1) is 0 Å². The van der Waals surface area contributed by atoms with Crippen LogP contribution in [0.2, 0.25) is 0 Å². The molecular weight excluding hydrogens is 224 g/mol. The molecule has 0 spiro atoms. The fraction of sp³-hybridized carbons (Fsp3) is 0.455. The van der Waals surface area contributed by atoms with Crippen LogP contribution in [0.5, 0.6) is 0 Å². The molecule has 1 atom stereocenters. The quantitative estimate of drug-likeness (QED) is 0.803. The number of hydrogen-bond acceptors (Lipinski definition) is 4. The van der Waals surface area contributed by atoms with Gasteiger partial charge in [-0.2, -0.15) is 11.8 Å². The average Bonchev–Trinajstić information content (AvgIpc) is 2.27. The van der Waals surface area contributed by atoms with E-state index in [1.54, 1.807) is 37.0 Å². The first-order valence-electron chi connectivity index (χ1n) is 4.95. The molecule has 0 saturated carbocycles. The van der Waals surface area contributed by atoms with Gasteiger partial charge in [0.05, 0.1) is 11.2 Å². The van der Waals surface area contributed by atoms with Crippen LogP contribution < -0.4 is 5.32 Å². The number of pyridine rings is 1. The third-order valence-electron chi connectivity index (χ3n) is 2.01. The first kappa shape index (κ1) is 13.0. The molecule has 2 N–H and O–H groups in total. The first-order chi connectivity index (χ1) is 7.55. The molecule has 0 aliphatic carbocycles. The Morgan fingerprint density at radius 3 is 3.00 bits per heavy atom.